The zero-order valence-electron chi connectivity index (χ0n) is 15.7. The van der Waals surface area contributed by atoms with E-state index in [-0.39, 0.29) is 36.9 Å². The molecule has 0 saturated heterocycles. The van der Waals surface area contributed by atoms with Crippen molar-refractivity contribution in [2.45, 2.75) is 13.8 Å². The van der Waals surface area contributed by atoms with Gasteiger partial charge in [-0.3, -0.25) is 9.59 Å². The van der Waals surface area contributed by atoms with Gasteiger partial charge in [-0.2, -0.15) is 0 Å². The second kappa shape index (κ2) is 7.95. The van der Waals surface area contributed by atoms with E-state index in [1.165, 1.54) is 30.3 Å². The normalized spacial score (nSPS) is 14.0. The smallest absolute Gasteiger partial charge is 0.337 e. The number of fused-ring (bicyclic) bond motifs is 1. The summed E-state index contributed by atoms with van der Waals surface area (Å²) in [5, 5.41) is 15.4. The molecule has 10 heteroatoms. The fourth-order valence-electron chi connectivity index (χ4n) is 2.92. The van der Waals surface area contributed by atoms with Crippen molar-refractivity contribution in [1.29, 1.82) is 0 Å². The van der Waals surface area contributed by atoms with Crippen LogP contribution in [0.4, 0.5) is 10.8 Å². The summed E-state index contributed by atoms with van der Waals surface area (Å²) in [6.07, 6.45) is 0. The van der Waals surface area contributed by atoms with Crippen LogP contribution in [0.1, 0.15) is 12.5 Å². The summed E-state index contributed by atoms with van der Waals surface area (Å²) in [4.78, 5) is 42.0. The van der Waals surface area contributed by atoms with Crippen molar-refractivity contribution in [2.24, 2.45) is 0 Å². The highest BCUT2D eigenvalue weighted by Crippen LogP contribution is 2.36. The van der Waals surface area contributed by atoms with Crippen LogP contribution in [0.15, 0.2) is 23.4 Å². The number of benzene rings is 1. The molecule has 148 valence electrons. The summed E-state index contributed by atoms with van der Waals surface area (Å²) in [6, 6.07) is 3.66. The van der Waals surface area contributed by atoms with Crippen molar-refractivity contribution in [3.8, 4) is 0 Å². The molecule has 28 heavy (non-hydrogen) atoms. The van der Waals surface area contributed by atoms with Crippen molar-refractivity contribution in [2.75, 3.05) is 37.4 Å². The molecule has 0 unspecified atom stereocenters. The third-order valence-corrected chi connectivity index (χ3v) is 5.26. The Labute approximate surface area is 165 Å². The van der Waals surface area contributed by atoms with Gasteiger partial charge in [-0.1, -0.05) is 17.4 Å². The van der Waals surface area contributed by atoms with Gasteiger partial charge < -0.3 is 25.4 Å². The fraction of sp³-hybridized carbons (Fsp3) is 0.333. The number of hydrogen-bond acceptors (Lipinski definition) is 8. The average molecular weight is 404 g/mol. The number of aliphatic hydroxyl groups excluding tert-OH is 1. The topological polar surface area (TPSA) is 121 Å². The molecule has 1 aliphatic heterocycles. The zero-order chi connectivity index (χ0) is 20.4. The number of methoxy groups -OCH3 is 1. The molecular weight excluding hydrogens is 384 g/mol. The standard InChI is InChI=1S/C18H20N4O5S/c1-9-4-5-12-15(28-18(20-12)19-10(2)24)13(9)21-14-11(17(26)27-3)8-22(6-7-23)16(14)25/h4-5,21,23H,6-8H2,1-3H3,(H,19,20,24). The fourth-order valence-corrected chi connectivity index (χ4v) is 3.99. The molecule has 2 aromatic rings. The summed E-state index contributed by atoms with van der Waals surface area (Å²) < 4.78 is 5.55. The second-order valence-electron chi connectivity index (χ2n) is 6.23. The summed E-state index contributed by atoms with van der Waals surface area (Å²) in [5.41, 5.74) is 2.44. The Balaban J connectivity index is 2.05. The van der Waals surface area contributed by atoms with Gasteiger partial charge in [0.25, 0.3) is 5.91 Å². The predicted octanol–water partition coefficient (Wildman–Crippen LogP) is 1.24. The van der Waals surface area contributed by atoms with Crippen LogP contribution in [0.25, 0.3) is 10.2 Å². The molecular formula is C18H20N4O5S. The van der Waals surface area contributed by atoms with Gasteiger partial charge in [-0.25, -0.2) is 9.78 Å². The molecule has 0 bridgehead atoms. The number of hydrogen-bond donors (Lipinski definition) is 3. The number of β-amino-alcohol motifs (C(OH)–C–C–N with tert-alkyl or cyclic N) is 1. The van der Waals surface area contributed by atoms with Crippen LogP contribution in [-0.4, -0.2) is 59.6 Å². The van der Waals surface area contributed by atoms with E-state index in [1.807, 2.05) is 19.1 Å². The van der Waals surface area contributed by atoms with Crippen LogP contribution in [0, 0.1) is 6.92 Å². The highest BCUT2D eigenvalue weighted by molar-refractivity contribution is 7.23. The molecule has 0 aliphatic carbocycles. The number of carbonyl (C=O) groups excluding carboxylic acids is 3. The summed E-state index contributed by atoms with van der Waals surface area (Å²) in [7, 11) is 1.25. The number of aliphatic hydroxyl groups is 1. The number of carbonyl (C=O) groups is 3. The Morgan fingerprint density at radius 2 is 2.14 bits per heavy atom. The number of nitrogens with one attached hydrogen (secondary N) is 2. The number of rotatable bonds is 6. The van der Waals surface area contributed by atoms with E-state index >= 15 is 0 Å². The highest BCUT2D eigenvalue weighted by Gasteiger charge is 2.35. The molecule has 2 amide bonds. The Morgan fingerprint density at radius 1 is 1.39 bits per heavy atom. The first kappa shape index (κ1) is 19.8. The van der Waals surface area contributed by atoms with Crippen molar-refractivity contribution in [3.63, 3.8) is 0 Å². The Hall–Kier alpha value is -2.98. The van der Waals surface area contributed by atoms with Crippen LogP contribution in [0.3, 0.4) is 0 Å². The molecule has 0 saturated carbocycles. The van der Waals surface area contributed by atoms with Crippen molar-refractivity contribution < 1.29 is 24.2 Å². The molecule has 1 aromatic carbocycles. The maximum atomic E-state index is 12.7. The minimum atomic E-state index is -0.607. The number of aryl methyl sites for hydroxylation is 1. The molecule has 1 aliphatic rings. The van der Waals surface area contributed by atoms with E-state index in [0.717, 1.165) is 10.3 Å². The van der Waals surface area contributed by atoms with Gasteiger partial charge in [0.1, 0.15) is 5.70 Å². The van der Waals surface area contributed by atoms with Crippen LogP contribution in [0.5, 0.6) is 0 Å². The average Bonchev–Trinajstić information content (AvgIpc) is 3.18. The molecule has 0 fully saturated rings. The largest absolute Gasteiger partial charge is 0.466 e. The van der Waals surface area contributed by atoms with Crippen molar-refractivity contribution in [1.82, 2.24) is 9.88 Å². The van der Waals surface area contributed by atoms with E-state index in [4.69, 9.17) is 4.74 Å². The van der Waals surface area contributed by atoms with Gasteiger partial charge in [0.05, 0.1) is 41.7 Å². The Kier molecular flexibility index (Phi) is 5.61. The second-order valence-corrected chi connectivity index (χ2v) is 7.23. The highest BCUT2D eigenvalue weighted by atomic mass is 32.1. The van der Waals surface area contributed by atoms with Crippen LogP contribution in [-0.2, 0) is 19.1 Å². The van der Waals surface area contributed by atoms with Gasteiger partial charge in [-0.05, 0) is 18.6 Å². The molecule has 1 aromatic heterocycles. The molecule has 0 atom stereocenters. The minimum absolute atomic E-state index is 0.0588. The Morgan fingerprint density at radius 3 is 2.79 bits per heavy atom. The third kappa shape index (κ3) is 3.69. The van der Waals surface area contributed by atoms with E-state index in [9.17, 15) is 19.5 Å². The number of nitrogens with zero attached hydrogens (tertiary/aromatic N) is 2. The monoisotopic (exact) mass is 404 g/mol. The lowest BCUT2D eigenvalue weighted by Gasteiger charge is -2.15. The third-order valence-electron chi connectivity index (χ3n) is 4.25. The first-order valence-electron chi connectivity index (χ1n) is 8.52. The lowest BCUT2D eigenvalue weighted by molar-refractivity contribution is -0.136. The minimum Gasteiger partial charge on any atom is -0.466 e. The molecule has 0 spiro atoms. The van der Waals surface area contributed by atoms with E-state index in [1.54, 1.807) is 0 Å². The van der Waals surface area contributed by atoms with E-state index in [2.05, 4.69) is 15.6 Å². The first-order chi connectivity index (χ1) is 13.3. The van der Waals surface area contributed by atoms with Crippen LogP contribution >= 0.6 is 11.3 Å². The Bertz CT molecular complexity index is 997. The van der Waals surface area contributed by atoms with E-state index < -0.39 is 11.9 Å². The van der Waals surface area contributed by atoms with E-state index in [0.29, 0.717) is 16.3 Å². The lowest BCUT2D eigenvalue weighted by Crippen LogP contribution is -2.31. The number of ether oxygens (including phenoxy) is 1. The summed E-state index contributed by atoms with van der Waals surface area (Å²) >= 11 is 1.27. The number of anilines is 2. The van der Waals surface area contributed by atoms with Crippen molar-refractivity contribution >= 4 is 50.2 Å². The van der Waals surface area contributed by atoms with Gasteiger partial charge in [-0.15, -0.1) is 0 Å². The maximum absolute atomic E-state index is 12.7. The molecule has 3 rings (SSSR count). The maximum Gasteiger partial charge on any atom is 0.337 e. The molecule has 2 heterocycles. The van der Waals surface area contributed by atoms with Gasteiger partial charge >= 0.3 is 5.97 Å². The predicted molar refractivity (Wildman–Crippen MR) is 105 cm³/mol. The molecule has 0 radical (unpaired) electrons. The van der Waals surface area contributed by atoms with Gasteiger partial charge in [0.15, 0.2) is 5.13 Å². The first-order valence-corrected chi connectivity index (χ1v) is 9.33. The zero-order valence-corrected chi connectivity index (χ0v) is 16.5. The quantitative estimate of drug-likeness (QED) is 0.619. The van der Waals surface area contributed by atoms with Gasteiger partial charge in [0, 0.05) is 13.5 Å². The van der Waals surface area contributed by atoms with Gasteiger partial charge in [0.2, 0.25) is 5.91 Å². The number of amides is 2. The number of esters is 1. The van der Waals surface area contributed by atoms with Crippen LogP contribution in [0.2, 0.25) is 0 Å². The lowest BCUT2D eigenvalue weighted by atomic mass is 10.1. The number of aromatic nitrogens is 1. The number of thiazole rings is 1. The molecule has 3 N–H and O–H groups in total. The SMILES string of the molecule is COC(=O)C1=C(Nc2c(C)ccc3nc(NC(C)=O)sc23)C(=O)N(CCO)C1. The molecule has 9 nitrogen and oxygen atoms in total. The van der Waals surface area contributed by atoms with Crippen molar-refractivity contribution in [3.05, 3.63) is 29.0 Å². The summed E-state index contributed by atoms with van der Waals surface area (Å²) in [6.45, 7) is 3.22. The van der Waals surface area contributed by atoms with Crippen LogP contribution < -0.4 is 10.6 Å². The summed E-state index contributed by atoms with van der Waals surface area (Å²) in [5.74, 6) is -1.23.